The maximum atomic E-state index is 5.58. The molecule has 5 rings (SSSR count). The standard InChI is InChI=1S/C22H23N5OS/c1-14-13-27(12-11-23-14)22-19(20-24-16-8-4-5-9-17(16)25-20)26-21(29-22)15-7-3-6-10-18(15)28-2/h3-10,14,23H,11-13H2,1-2H3,(H,24,25)/t14-/m1/s1. The molecule has 4 aromatic rings. The number of hydrogen-bond acceptors (Lipinski definition) is 6. The topological polar surface area (TPSA) is 66.1 Å². The number of nitrogens with one attached hydrogen (secondary N) is 2. The van der Waals surface area contributed by atoms with Crippen LogP contribution in [0, 0.1) is 0 Å². The SMILES string of the molecule is COc1ccccc1-c1nc(-c2nc3ccccc3[nH]2)c(N2CCN[C@H](C)C2)s1. The molecule has 6 nitrogen and oxygen atoms in total. The van der Waals surface area contributed by atoms with E-state index in [0.717, 1.165) is 63.5 Å². The average Bonchev–Trinajstić information content (AvgIpc) is 3.38. The second kappa shape index (κ2) is 7.50. The molecular formula is C22H23N5OS. The highest BCUT2D eigenvalue weighted by molar-refractivity contribution is 7.19. The molecule has 1 fully saturated rings. The molecule has 2 N–H and O–H groups in total. The van der Waals surface area contributed by atoms with Crippen molar-refractivity contribution < 1.29 is 4.74 Å². The van der Waals surface area contributed by atoms with Crippen LogP contribution in [-0.2, 0) is 0 Å². The monoisotopic (exact) mass is 405 g/mol. The maximum Gasteiger partial charge on any atom is 0.160 e. The van der Waals surface area contributed by atoms with Crippen molar-refractivity contribution in [1.82, 2.24) is 20.3 Å². The van der Waals surface area contributed by atoms with Gasteiger partial charge in [0.2, 0.25) is 0 Å². The number of ether oxygens (including phenoxy) is 1. The third-order valence-corrected chi connectivity index (χ3v) is 6.37. The van der Waals surface area contributed by atoms with Gasteiger partial charge in [0.15, 0.2) is 5.82 Å². The molecule has 0 unspecified atom stereocenters. The van der Waals surface area contributed by atoms with Crippen molar-refractivity contribution in [2.45, 2.75) is 13.0 Å². The van der Waals surface area contributed by atoms with Crippen LogP contribution >= 0.6 is 11.3 Å². The Bertz CT molecular complexity index is 1120. The van der Waals surface area contributed by atoms with Gasteiger partial charge in [-0.05, 0) is 31.2 Å². The minimum absolute atomic E-state index is 0.434. The highest BCUT2D eigenvalue weighted by Gasteiger charge is 2.25. The summed E-state index contributed by atoms with van der Waals surface area (Å²) in [6.07, 6.45) is 0. The van der Waals surface area contributed by atoms with E-state index in [4.69, 9.17) is 14.7 Å². The lowest BCUT2D eigenvalue weighted by molar-refractivity contribution is 0.416. The van der Waals surface area contributed by atoms with Crippen LogP contribution in [0.5, 0.6) is 5.75 Å². The van der Waals surface area contributed by atoms with E-state index in [1.54, 1.807) is 18.4 Å². The van der Waals surface area contributed by atoms with Gasteiger partial charge in [0.05, 0.1) is 23.7 Å². The zero-order valence-corrected chi connectivity index (χ0v) is 17.3. The minimum Gasteiger partial charge on any atom is -0.496 e. The Morgan fingerprint density at radius 2 is 1.93 bits per heavy atom. The molecule has 148 valence electrons. The van der Waals surface area contributed by atoms with Crippen LogP contribution in [0.25, 0.3) is 33.1 Å². The van der Waals surface area contributed by atoms with Crippen LogP contribution in [0.2, 0.25) is 0 Å². The molecule has 0 radical (unpaired) electrons. The maximum absolute atomic E-state index is 5.58. The summed E-state index contributed by atoms with van der Waals surface area (Å²) in [5, 5.41) is 5.61. The zero-order valence-electron chi connectivity index (χ0n) is 16.5. The molecule has 1 atom stereocenters. The lowest BCUT2D eigenvalue weighted by atomic mass is 10.2. The average molecular weight is 406 g/mol. The summed E-state index contributed by atoms with van der Waals surface area (Å²) in [6, 6.07) is 16.6. The molecule has 0 amide bonds. The summed E-state index contributed by atoms with van der Waals surface area (Å²) in [4.78, 5) is 15.7. The largest absolute Gasteiger partial charge is 0.496 e. The Morgan fingerprint density at radius 1 is 1.10 bits per heavy atom. The fourth-order valence-electron chi connectivity index (χ4n) is 3.80. The predicted molar refractivity (Wildman–Crippen MR) is 119 cm³/mol. The number of para-hydroxylation sites is 3. The molecule has 1 aliphatic heterocycles. The molecular weight excluding hydrogens is 382 g/mol. The number of imidazole rings is 1. The van der Waals surface area contributed by atoms with Crippen LogP contribution in [0.1, 0.15) is 6.92 Å². The third-order valence-electron chi connectivity index (χ3n) is 5.22. The number of anilines is 1. The Labute approximate surface area is 173 Å². The Balaban J connectivity index is 1.66. The number of thiazole rings is 1. The van der Waals surface area contributed by atoms with Gasteiger partial charge in [-0.2, -0.15) is 0 Å². The summed E-state index contributed by atoms with van der Waals surface area (Å²) in [5.74, 6) is 1.64. The first-order valence-corrected chi connectivity index (χ1v) is 10.6. The number of benzene rings is 2. The van der Waals surface area contributed by atoms with E-state index < -0.39 is 0 Å². The number of aromatic nitrogens is 3. The van der Waals surface area contributed by atoms with Crippen LogP contribution < -0.4 is 15.0 Å². The molecule has 0 bridgehead atoms. The van der Waals surface area contributed by atoms with Crippen molar-refractivity contribution in [3.8, 4) is 27.8 Å². The van der Waals surface area contributed by atoms with Gasteiger partial charge in [0.25, 0.3) is 0 Å². The first-order chi connectivity index (χ1) is 14.2. The summed E-state index contributed by atoms with van der Waals surface area (Å²) >= 11 is 1.70. The van der Waals surface area contributed by atoms with Crippen LogP contribution in [0.4, 0.5) is 5.00 Å². The number of nitrogens with zero attached hydrogens (tertiary/aromatic N) is 3. The molecule has 2 aromatic carbocycles. The summed E-state index contributed by atoms with van der Waals surface area (Å²) in [6.45, 7) is 5.07. The first-order valence-electron chi connectivity index (χ1n) is 9.80. The van der Waals surface area contributed by atoms with Gasteiger partial charge >= 0.3 is 0 Å². The minimum atomic E-state index is 0.434. The molecule has 2 aromatic heterocycles. The van der Waals surface area contributed by atoms with Gasteiger partial charge in [0.1, 0.15) is 21.5 Å². The van der Waals surface area contributed by atoms with Crippen LogP contribution in [-0.4, -0.2) is 47.7 Å². The highest BCUT2D eigenvalue weighted by atomic mass is 32.1. The number of piperazine rings is 1. The lowest BCUT2D eigenvalue weighted by Gasteiger charge is -2.32. The summed E-state index contributed by atoms with van der Waals surface area (Å²) in [5.41, 5.74) is 3.89. The zero-order chi connectivity index (χ0) is 19.8. The third kappa shape index (κ3) is 3.36. The molecule has 3 heterocycles. The quantitative estimate of drug-likeness (QED) is 0.534. The number of hydrogen-bond donors (Lipinski definition) is 2. The molecule has 0 spiro atoms. The number of fused-ring (bicyclic) bond motifs is 1. The van der Waals surface area contributed by atoms with Gasteiger partial charge < -0.3 is 19.9 Å². The van der Waals surface area contributed by atoms with Crippen LogP contribution in [0.15, 0.2) is 48.5 Å². The van der Waals surface area contributed by atoms with Gasteiger partial charge in [0, 0.05) is 25.7 Å². The van der Waals surface area contributed by atoms with Gasteiger partial charge in [-0.25, -0.2) is 9.97 Å². The van der Waals surface area contributed by atoms with E-state index >= 15 is 0 Å². The molecule has 7 heteroatoms. The predicted octanol–water partition coefficient (Wildman–Crippen LogP) is 4.16. The van der Waals surface area contributed by atoms with Crippen molar-refractivity contribution in [3.63, 3.8) is 0 Å². The summed E-state index contributed by atoms with van der Waals surface area (Å²) in [7, 11) is 1.70. The normalized spacial score (nSPS) is 17.0. The molecule has 1 aliphatic rings. The van der Waals surface area contributed by atoms with E-state index in [1.165, 1.54) is 0 Å². The first kappa shape index (κ1) is 18.1. The molecule has 29 heavy (non-hydrogen) atoms. The van der Waals surface area contributed by atoms with E-state index in [0.29, 0.717) is 6.04 Å². The van der Waals surface area contributed by atoms with Crippen molar-refractivity contribution in [2.24, 2.45) is 0 Å². The van der Waals surface area contributed by atoms with E-state index in [2.05, 4.69) is 28.2 Å². The van der Waals surface area contributed by atoms with Crippen LogP contribution in [0.3, 0.4) is 0 Å². The number of H-pyrrole nitrogens is 1. The van der Waals surface area contributed by atoms with Crippen molar-refractivity contribution >= 4 is 27.4 Å². The van der Waals surface area contributed by atoms with Crippen molar-refractivity contribution in [2.75, 3.05) is 31.6 Å². The Morgan fingerprint density at radius 3 is 2.76 bits per heavy atom. The molecule has 0 saturated carbocycles. The number of methoxy groups -OCH3 is 1. The number of rotatable bonds is 4. The fourth-order valence-corrected chi connectivity index (χ4v) is 4.93. The Hall–Kier alpha value is -2.90. The highest BCUT2D eigenvalue weighted by Crippen LogP contribution is 2.42. The van der Waals surface area contributed by atoms with Crippen molar-refractivity contribution in [3.05, 3.63) is 48.5 Å². The second-order valence-electron chi connectivity index (χ2n) is 7.28. The van der Waals surface area contributed by atoms with Crippen molar-refractivity contribution in [1.29, 1.82) is 0 Å². The summed E-state index contributed by atoms with van der Waals surface area (Å²) < 4.78 is 5.58. The fraction of sp³-hybridized carbons (Fsp3) is 0.273. The van der Waals surface area contributed by atoms with E-state index in [-0.39, 0.29) is 0 Å². The number of aromatic amines is 1. The Kier molecular flexibility index (Phi) is 4.69. The van der Waals surface area contributed by atoms with E-state index in [9.17, 15) is 0 Å². The van der Waals surface area contributed by atoms with Gasteiger partial charge in [-0.3, -0.25) is 0 Å². The van der Waals surface area contributed by atoms with Gasteiger partial charge in [-0.1, -0.05) is 35.6 Å². The molecule has 0 aliphatic carbocycles. The van der Waals surface area contributed by atoms with E-state index in [1.807, 2.05) is 42.5 Å². The smallest absolute Gasteiger partial charge is 0.160 e. The second-order valence-corrected chi connectivity index (χ2v) is 8.25. The molecule has 1 saturated heterocycles. The van der Waals surface area contributed by atoms with Gasteiger partial charge in [-0.15, -0.1) is 0 Å². The lowest BCUT2D eigenvalue weighted by Crippen LogP contribution is -2.49.